The number of hydrogen-bond acceptors (Lipinski definition) is 8. The molecule has 7 nitrogen and oxygen atoms in total. The number of para-hydroxylation sites is 1. The number of nitrogens with one attached hydrogen (secondary N) is 2. The summed E-state index contributed by atoms with van der Waals surface area (Å²) in [7, 11) is 0. The monoisotopic (exact) mass is 506 g/mol. The van der Waals surface area contributed by atoms with Crippen LogP contribution in [0.25, 0.3) is 21.1 Å². The van der Waals surface area contributed by atoms with Crippen LogP contribution < -0.4 is 15.8 Å². The summed E-state index contributed by atoms with van der Waals surface area (Å²) in [4.78, 5) is 32.5. The van der Waals surface area contributed by atoms with Gasteiger partial charge < -0.3 is 15.2 Å². The van der Waals surface area contributed by atoms with Crippen molar-refractivity contribution >= 4 is 50.0 Å². The van der Waals surface area contributed by atoms with E-state index in [0.29, 0.717) is 0 Å². The Morgan fingerprint density at radius 2 is 2.00 bits per heavy atom. The molecule has 5 heterocycles. The molecule has 0 aliphatic carbocycles. The molecule has 9 heteroatoms. The van der Waals surface area contributed by atoms with Crippen LogP contribution in [0.15, 0.2) is 40.3 Å². The van der Waals surface area contributed by atoms with Crippen LogP contribution >= 0.6 is 23.1 Å². The number of nitrogens with zero attached hydrogens (tertiary/aromatic N) is 4. The highest BCUT2D eigenvalue weighted by Crippen LogP contribution is 2.31. The van der Waals surface area contributed by atoms with E-state index in [2.05, 4.69) is 57.4 Å². The number of thiophene rings is 1. The SMILES string of the molecule is Cc1cc(N2CCN(CCCSc3nc4sc5c(c4c(=O)[nH]3)CCNC5)CC2)nc2ccccc12. The highest BCUT2D eigenvalue weighted by atomic mass is 32.2. The summed E-state index contributed by atoms with van der Waals surface area (Å²) in [6.45, 7) is 9.12. The van der Waals surface area contributed by atoms with Crippen LogP contribution in [-0.4, -0.2) is 64.9 Å². The molecule has 1 aromatic carbocycles. The third-order valence-electron chi connectivity index (χ3n) is 7.02. The number of thioether (sulfide) groups is 1. The van der Waals surface area contributed by atoms with Crippen LogP contribution in [0.2, 0.25) is 0 Å². The van der Waals surface area contributed by atoms with E-state index in [0.717, 1.165) is 91.1 Å². The van der Waals surface area contributed by atoms with Gasteiger partial charge in [-0.1, -0.05) is 30.0 Å². The zero-order valence-corrected chi connectivity index (χ0v) is 21.6. The summed E-state index contributed by atoms with van der Waals surface area (Å²) >= 11 is 3.33. The summed E-state index contributed by atoms with van der Waals surface area (Å²) < 4.78 is 0. The van der Waals surface area contributed by atoms with Crippen LogP contribution in [0, 0.1) is 6.92 Å². The summed E-state index contributed by atoms with van der Waals surface area (Å²) in [6, 6.07) is 10.6. The number of aryl methyl sites for hydroxylation is 1. The Kier molecular flexibility index (Phi) is 6.49. The Balaban J connectivity index is 1.01. The molecular weight excluding hydrogens is 476 g/mol. The number of hydrogen-bond donors (Lipinski definition) is 2. The fourth-order valence-electron chi connectivity index (χ4n) is 5.13. The second-order valence-corrected chi connectivity index (χ2v) is 11.5. The van der Waals surface area contributed by atoms with Gasteiger partial charge in [0.25, 0.3) is 5.56 Å². The molecule has 2 aliphatic heterocycles. The molecule has 3 aromatic heterocycles. The maximum absolute atomic E-state index is 12.7. The lowest BCUT2D eigenvalue weighted by molar-refractivity contribution is 0.258. The Hall–Kier alpha value is -2.46. The van der Waals surface area contributed by atoms with Crippen molar-refractivity contribution in [2.75, 3.05) is 49.9 Å². The van der Waals surface area contributed by atoms with Gasteiger partial charge in [-0.25, -0.2) is 9.97 Å². The molecule has 2 aliphatic rings. The van der Waals surface area contributed by atoms with Gasteiger partial charge in [0.1, 0.15) is 10.6 Å². The molecule has 6 rings (SSSR count). The number of aromatic nitrogens is 3. The van der Waals surface area contributed by atoms with E-state index in [1.165, 1.54) is 21.4 Å². The van der Waals surface area contributed by atoms with Crippen molar-refractivity contribution in [3.05, 3.63) is 56.7 Å². The van der Waals surface area contributed by atoms with E-state index in [4.69, 9.17) is 9.97 Å². The minimum atomic E-state index is 0.0190. The lowest BCUT2D eigenvalue weighted by Crippen LogP contribution is -2.47. The first-order valence-electron chi connectivity index (χ1n) is 12.4. The second kappa shape index (κ2) is 9.89. The van der Waals surface area contributed by atoms with E-state index in [-0.39, 0.29) is 5.56 Å². The van der Waals surface area contributed by atoms with E-state index in [1.807, 2.05) is 0 Å². The summed E-state index contributed by atoms with van der Waals surface area (Å²) in [5.74, 6) is 2.04. The molecular formula is C26H30N6OS2. The van der Waals surface area contributed by atoms with Gasteiger partial charge in [0, 0.05) is 48.7 Å². The smallest absolute Gasteiger partial charge is 0.260 e. The fourth-order valence-corrected chi connectivity index (χ4v) is 7.17. The first kappa shape index (κ1) is 23.0. The zero-order valence-electron chi connectivity index (χ0n) is 20.0. The second-order valence-electron chi connectivity index (χ2n) is 9.33. The molecule has 1 fully saturated rings. The molecule has 0 bridgehead atoms. The molecule has 35 heavy (non-hydrogen) atoms. The molecule has 1 saturated heterocycles. The van der Waals surface area contributed by atoms with E-state index < -0.39 is 0 Å². The molecule has 0 unspecified atom stereocenters. The lowest BCUT2D eigenvalue weighted by Gasteiger charge is -2.35. The zero-order chi connectivity index (χ0) is 23.8. The first-order chi connectivity index (χ1) is 17.2. The molecule has 2 N–H and O–H groups in total. The average molecular weight is 507 g/mol. The third kappa shape index (κ3) is 4.70. The van der Waals surface area contributed by atoms with Crippen molar-refractivity contribution in [2.24, 2.45) is 0 Å². The Morgan fingerprint density at radius 1 is 1.14 bits per heavy atom. The van der Waals surface area contributed by atoms with Gasteiger partial charge in [0.2, 0.25) is 0 Å². The predicted molar refractivity (Wildman–Crippen MR) is 146 cm³/mol. The Bertz CT molecular complexity index is 1420. The van der Waals surface area contributed by atoms with Crippen LogP contribution in [0.1, 0.15) is 22.4 Å². The van der Waals surface area contributed by atoms with Crippen LogP contribution in [0.3, 0.4) is 0 Å². The Labute approximate surface area is 213 Å². The van der Waals surface area contributed by atoms with Gasteiger partial charge in [0.15, 0.2) is 5.16 Å². The lowest BCUT2D eigenvalue weighted by atomic mass is 10.1. The normalized spacial score (nSPS) is 16.8. The van der Waals surface area contributed by atoms with Crippen LogP contribution in [-0.2, 0) is 13.0 Å². The number of benzene rings is 1. The van der Waals surface area contributed by atoms with Gasteiger partial charge in [0.05, 0.1) is 10.9 Å². The van der Waals surface area contributed by atoms with Crippen molar-refractivity contribution < 1.29 is 0 Å². The molecule has 182 valence electrons. The quantitative estimate of drug-likeness (QED) is 0.234. The summed E-state index contributed by atoms with van der Waals surface area (Å²) in [5, 5.41) is 6.18. The molecule has 4 aromatic rings. The number of pyridine rings is 1. The minimum Gasteiger partial charge on any atom is -0.354 e. The predicted octanol–water partition coefficient (Wildman–Crippen LogP) is 3.79. The molecule has 0 spiro atoms. The van der Waals surface area contributed by atoms with Crippen molar-refractivity contribution in [1.29, 1.82) is 0 Å². The average Bonchev–Trinajstić information content (AvgIpc) is 3.26. The number of rotatable bonds is 6. The number of aromatic amines is 1. The van der Waals surface area contributed by atoms with Gasteiger partial charge in [-0.2, -0.15) is 0 Å². The topological polar surface area (TPSA) is 77.1 Å². The third-order valence-corrected chi connectivity index (χ3v) is 9.11. The van der Waals surface area contributed by atoms with E-state index in [1.54, 1.807) is 23.1 Å². The first-order valence-corrected chi connectivity index (χ1v) is 14.2. The van der Waals surface area contributed by atoms with Gasteiger partial charge in [-0.3, -0.25) is 9.69 Å². The number of fused-ring (bicyclic) bond motifs is 4. The highest BCUT2D eigenvalue weighted by molar-refractivity contribution is 7.99. The Morgan fingerprint density at radius 3 is 2.89 bits per heavy atom. The summed E-state index contributed by atoms with van der Waals surface area (Å²) in [6.07, 6.45) is 1.99. The van der Waals surface area contributed by atoms with Crippen molar-refractivity contribution in [2.45, 2.75) is 31.5 Å². The standard InChI is InChI=1S/C26H30N6OS2/c1-17-15-22(28-20-6-3-2-5-18(17)20)32-12-10-31(11-13-32)9-4-14-34-26-29-24(33)23-19-7-8-27-16-21(19)35-25(23)30-26/h2-3,5-6,15,27H,4,7-14,16H2,1H3,(H,29,30,33). The number of H-pyrrole nitrogens is 1. The largest absolute Gasteiger partial charge is 0.354 e. The van der Waals surface area contributed by atoms with Crippen molar-refractivity contribution in [3.8, 4) is 0 Å². The van der Waals surface area contributed by atoms with Crippen molar-refractivity contribution in [3.63, 3.8) is 0 Å². The summed E-state index contributed by atoms with van der Waals surface area (Å²) in [5.41, 5.74) is 3.58. The van der Waals surface area contributed by atoms with Crippen molar-refractivity contribution in [1.82, 2.24) is 25.2 Å². The van der Waals surface area contributed by atoms with Gasteiger partial charge in [-0.05, 0) is 56.1 Å². The van der Waals surface area contributed by atoms with Crippen LogP contribution in [0.5, 0.6) is 0 Å². The molecule has 0 atom stereocenters. The molecule has 0 saturated carbocycles. The minimum absolute atomic E-state index is 0.0190. The maximum Gasteiger partial charge on any atom is 0.260 e. The molecule has 0 radical (unpaired) electrons. The molecule has 0 amide bonds. The van der Waals surface area contributed by atoms with E-state index >= 15 is 0 Å². The van der Waals surface area contributed by atoms with Gasteiger partial charge >= 0.3 is 0 Å². The fraction of sp³-hybridized carbons (Fsp3) is 0.423. The van der Waals surface area contributed by atoms with E-state index in [9.17, 15) is 4.79 Å². The highest BCUT2D eigenvalue weighted by Gasteiger charge is 2.20. The number of anilines is 1. The maximum atomic E-state index is 12.7. The number of piperazine rings is 1. The van der Waals surface area contributed by atoms with Crippen LogP contribution in [0.4, 0.5) is 5.82 Å². The van der Waals surface area contributed by atoms with Gasteiger partial charge in [-0.15, -0.1) is 11.3 Å².